The molecule has 5 nitrogen and oxygen atoms in total. The molecule has 0 atom stereocenters. The SMILES string of the molecule is COc1ccc(-c2cn3c(C(=O)Nc4cc(F)ccc4F)csc3n2)cc1. The van der Waals surface area contributed by atoms with E-state index in [1.807, 2.05) is 24.3 Å². The number of methoxy groups -OCH3 is 1. The molecule has 1 amide bonds. The van der Waals surface area contributed by atoms with Gasteiger partial charge in [0.1, 0.15) is 23.1 Å². The maximum absolute atomic E-state index is 13.8. The number of imidazole rings is 1. The fourth-order valence-electron chi connectivity index (χ4n) is 2.63. The van der Waals surface area contributed by atoms with Crippen LogP contribution in [0.3, 0.4) is 0 Å². The molecule has 0 aliphatic heterocycles. The summed E-state index contributed by atoms with van der Waals surface area (Å²) in [4.78, 5) is 17.6. The second kappa shape index (κ2) is 6.81. The van der Waals surface area contributed by atoms with Crippen molar-refractivity contribution in [3.63, 3.8) is 0 Å². The Bertz CT molecular complexity index is 1140. The van der Waals surface area contributed by atoms with Gasteiger partial charge in [0.25, 0.3) is 5.91 Å². The van der Waals surface area contributed by atoms with Crippen LogP contribution in [-0.4, -0.2) is 22.4 Å². The van der Waals surface area contributed by atoms with Crippen molar-refractivity contribution in [1.82, 2.24) is 9.38 Å². The number of halogens is 2. The lowest BCUT2D eigenvalue weighted by Crippen LogP contribution is -2.15. The van der Waals surface area contributed by atoms with Crippen molar-refractivity contribution in [1.29, 1.82) is 0 Å². The van der Waals surface area contributed by atoms with Gasteiger partial charge in [-0.1, -0.05) is 0 Å². The molecule has 2 heterocycles. The Morgan fingerprint density at radius 2 is 1.96 bits per heavy atom. The third-order valence-electron chi connectivity index (χ3n) is 4.00. The van der Waals surface area contributed by atoms with Crippen LogP contribution < -0.4 is 10.1 Å². The standard InChI is InChI=1S/C19H13F2N3O2S/c1-26-13-5-2-11(3-6-13)16-9-24-17(10-27-19(24)23-16)18(25)22-15-8-12(20)4-7-14(15)21/h2-10H,1H3,(H,22,25). The second-order valence-electron chi connectivity index (χ2n) is 5.71. The fraction of sp³-hybridized carbons (Fsp3) is 0.0526. The molecule has 1 N–H and O–H groups in total. The highest BCUT2D eigenvalue weighted by atomic mass is 32.1. The van der Waals surface area contributed by atoms with Crippen LogP contribution in [0.15, 0.2) is 54.0 Å². The van der Waals surface area contributed by atoms with Crippen molar-refractivity contribution in [3.05, 3.63) is 71.4 Å². The van der Waals surface area contributed by atoms with Crippen molar-refractivity contribution in [2.24, 2.45) is 0 Å². The number of rotatable bonds is 4. The smallest absolute Gasteiger partial charge is 0.273 e. The first-order chi connectivity index (χ1) is 13.0. The molecule has 136 valence electrons. The van der Waals surface area contributed by atoms with Crippen LogP contribution in [0, 0.1) is 11.6 Å². The molecular formula is C19H13F2N3O2S. The molecule has 2 aromatic carbocycles. The van der Waals surface area contributed by atoms with Crippen molar-refractivity contribution in [3.8, 4) is 17.0 Å². The number of ether oxygens (including phenoxy) is 1. The number of carbonyl (C=O) groups is 1. The molecule has 0 aliphatic rings. The summed E-state index contributed by atoms with van der Waals surface area (Å²) < 4.78 is 33.8. The molecular weight excluding hydrogens is 372 g/mol. The number of carbonyl (C=O) groups excluding carboxylic acids is 1. The number of nitrogens with one attached hydrogen (secondary N) is 1. The van der Waals surface area contributed by atoms with Gasteiger partial charge >= 0.3 is 0 Å². The van der Waals surface area contributed by atoms with E-state index in [0.29, 0.717) is 10.7 Å². The maximum Gasteiger partial charge on any atom is 0.273 e. The number of thiazole rings is 1. The zero-order chi connectivity index (χ0) is 19.0. The molecule has 0 spiro atoms. The molecule has 0 radical (unpaired) electrons. The average molecular weight is 385 g/mol. The lowest BCUT2D eigenvalue weighted by atomic mass is 10.2. The molecule has 0 saturated heterocycles. The van der Waals surface area contributed by atoms with E-state index in [2.05, 4.69) is 10.3 Å². The molecule has 0 aliphatic carbocycles. The molecule has 0 unspecified atom stereocenters. The van der Waals surface area contributed by atoms with Crippen LogP contribution in [0.2, 0.25) is 0 Å². The average Bonchev–Trinajstić information content (AvgIpc) is 3.25. The highest BCUT2D eigenvalue weighted by Gasteiger charge is 2.17. The zero-order valence-corrected chi connectivity index (χ0v) is 14.9. The highest BCUT2D eigenvalue weighted by Crippen LogP contribution is 2.26. The van der Waals surface area contributed by atoms with Gasteiger partial charge in [0.05, 0.1) is 18.5 Å². The van der Waals surface area contributed by atoms with Gasteiger partial charge in [0.2, 0.25) is 0 Å². The third-order valence-corrected chi connectivity index (χ3v) is 4.84. The van der Waals surface area contributed by atoms with Gasteiger partial charge in [-0.25, -0.2) is 13.8 Å². The Morgan fingerprint density at radius 1 is 1.19 bits per heavy atom. The summed E-state index contributed by atoms with van der Waals surface area (Å²) in [6.07, 6.45) is 1.73. The van der Waals surface area contributed by atoms with Crippen molar-refractivity contribution >= 4 is 27.9 Å². The van der Waals surface area contributed by atoms with Gasteiger partial charge in [-0.05, 0) is 36.4 Å². The van der Waals surface area contributed by atoms with Crippen LogP contribution in [0.5, 0.6) is 5.75 Å². The van der Waals surface area contributed by atoms with Gasteiger partial charge in [0.15, 0.2) is 4.96 Å². The summed E-state index contributed by atoms with van der Waals surface area (Å²) in [7, 11) is 1.59. The van der Waals surface area contributed by atoms with E-state index in [-0.39, 0.29) is 11.4 Å². The van der Waals surface area contributed by atoms with E-state index in [9.17, 15) is 13.6 Å². The summed E-state index contributed by atoms with van der Waals surface area (Å²) in [5, 5.41) is 4.01. The van der Waals surface area contributed by atoms with Crippen LogP contribution in [-0.2, 0) is 0 Å². The summed E-state index contributed by atoms with van der Waals surface area (Å²) in [6.45, 7) is 0. The van der Waals surface area contributed by atoms with Gasteiger partial charge in [-0.15, -0.1) is 11.3 Å². The Hall–Kier alpha value is -3.26. The summed E-state index contributed by atoms with van der Waals surface area (Å²) >= 11 is 1.28. The number of aromatic nitrogens is 2. The largest absolute Gasteiger partial charge is 0.497 e. The number of benzene rings is 2. The minimum absolute atomic E-state index is 0.213. The van der Waals surface area contributed by atoms with Crippen LogP contribution in [0.25, 0.3) is 16.2 Å². The maximum atomic E-state index is 13.8. The van der Waals surface area contributed by atoms with Gasteiger partial charge in [0, 0.05) is 23.2 Å². The van der Waals surface area contributed by atoms with E-state index < -0.39 is 17.5 Å². The van der Waals surface area contributed by atoms with Gasteiger partial charge in [-0.2, -0.15) is 0 Å². The number of hydrogen-bond acceptors (Lipinski definition) is 4. The third kappa shape index (κ3) is 3.26. The van der Waals surface area contributed by atoms with Gasteiger partial charge in [-0.3, -0.25) is 9.20 Å². The minimum atomic E-state index is -0.708. The van der Waals surface area contributed by atoms with Crippen molar-refractivity contribution < 1.29 is 18.3 Å². The molecule has 27 heavy (non-hydrogen) atoms. The van der Waals surface area contributed by atoms with E-state index >= 15 is 0 Å². The number of nitrogens with zero attached hydrogens (tertiary/aromatic N) is 2. The molecule has 2 aromatic heterocycles. The second-order valence-corrected chi connectivity index (χ2v) is 6.54. The molecule has 0 bridgehead atoms. The molecule has 8 heteroatoms. The van der Waals surface area contributed by atoms with Crippen molar-refractivity contribution in [2.45, 2.75) is 0 Å². The Labute approximate surface area is 156 Å². The van der Waals surface area contributed by atoms with E-state index in [1.54, 1.807) is 23.1 Å². The number of hydrogen-bond donors (Lipinski definition) is 1. The van der Waals surface area contributed by atoms with Crippen molar-refractivity contribution in [2.75, 3.05) is 12.4 Å². The topological polar surface area (TPSA) is 55.6 Å². The Kier molecular flexibility index (Phi) is 4.33. The fourth-order valence-corrected chi connectivity index (χ4v) is 3.48. The Morgan fingerprint density at radius 3 is 2.70 bits per heavy atom. The first-order valence-corrected chi connectivity index (χ1v) is 8.80. The molecule has 0 fully saturated rings. The summed E-state index contributed by atoms with van der Waals surface area (Å²) in [6, 6.07) is 10.3. The molecule has 0 saturated carbocycles. The number of anilines is 1. The molecule has 4 rings (SSSR count). The number of amides is 1. The van der Waals surface area contributed by atoms with E-state index in [1.165, 1.54) is 11.3 Å². The first kappa shape index (κ1) is 17.2. The zero-order valence-electron chi connectivity index (χ0n) is 14.1. The minimum Gasteiger partial charge on any atom is -0.497 e. The first-order valence-electron chi connectivity index (χ1n) is 7.92. The predicted molar refractivity (Wildman–Crippen MR) is 99.4 cm³/mol. The lowest BCUT2D eigenvalue weighted by molar-refractivity contribution is 0.102. The van der Waals surface area contributed by atoms with Crippen LogP contribution in [0.1, 0.15) is 10.5 Å². The molecule has 4 aromatic rings. The monoisotopic (exact) mass is 385 g/mol. The van der Waals surface area contributed by atoms with Crippen LogP contribution in [0.4, 0.5) is 14.5 Å². The normalized spacial score (nSPS) is 10.9. The Balaban J connectivity index is 1.65. The lowest BCUT2D eigenvalue weighted by Gasteiger charge is -2.05. The van der Waals surface area contributed by atoms with Crippen LogP contribution >= 0.6 is 11.3 Å². The highest BCUT2D eigenvalue weighted by molar-refractivity contribution is 7.15. The summed E-state index contributed by atoms with van der Waals surface area (Å²) in [5.74, 6) is -1.16. The predicted octanol–water partition coefficient (Wildman–Crippen LogP) is 4.60. The van der Waals surface area contributed by atoms with Gasteiger partial charge < -0.3 is 10.1 Å². The number of fused-ring (bicyclic) bond motifs is 1. The van der Waals surface area contributed by atoms with E-state index in [0.717, 1.165) is 29.5 Å². The quantitative estimate of drug-likeness (QED) is 0.559. The van der Waals surface area contributed by atoms with E-state index in [4.69, 9.17) is 4.74 Å². The summed E-state index contributed by atoms with van der Waals surface area (Å²) in [5.41, 5.74) is 1.63.